The molecule has 2 rings (SSSR count). The van der Waals surface area contributed by atoms with E-state index in [4.69, 9.17) is 14.2 Å². The van der Waals surface area contributed by atoms with Crippen LogP contribution in [0.25, 0.3) is 0 Å². The van der Waals surface area contributed by atoms with Gasteiger partial charge in [0.1, 0.15) is 24.9 Å². The van der Waals surface area contributed by atoms with Crippen LogP contribution in [0.4, 0.5) is 0 Å². The lowest BCUT2D eigenvalue weighted by Gasteiger charge is -2.21. The van der Waals surface area contributed by atoms with Gasteiger partial charge >= 0.3 is 11.9 Å². The Bertz CT molecular complexity index is 658. The molecule has 0 bridgehead atoms. The highest BCUT2D eigenvalue weighted by atomic mass is 16.5. The van der Waals surface area contributed by atoms with Crippen molar-refractivity contribution in [1.29, 1.82) is 0 Å². The third kappa shape index (κ3) is 5.96. The number of hydrogen-bond acceptors (Lipinski definition) is 7. The normalized spacial score (nSPS) is 17.7. The molecule has 1 saturated heterocycles. The van der Waals surface area contributed by atoms with Crippen LogP contribution in [0.5, 0.6) is 5.75 Å². The number of amides is 1. The van der Waals surface area contributed by atoms with E-state index in [2.05, 4.69) is 0 Å². The zero-order valence-electron chi connectivity index (χ0n) is 16.0. The predicted molar refractivity (Wildman–Crippen MR) is 97.0 cm³/mol. The van der Waals surface area contributed by atoms with Crippen LogP contribution in [0, 0.1) is 0 Å². The van der Waals surface area contributed by atoms with Crippen LogP contribution < -0.4 is 4.74 Å². The number of ether oxygens (including phenoxy) is 3. The zero-order chi connectivity index (χ0) is 19.8. The van der Waals surface area contributed by atoms with Gasteiger partial charge in [-0.2, -0.15) is 0 Å². The number of carbonyl (C=O) groups excluding carboxylic acids is 3. The summed E-state index contributed by atoms with van der Waals surface area (Å²) in [6, 6.07) is 7.22. The Hall–Kier alpha value is -2.61. The van der Waals surface area contributed by atoms with Crippen LogP contribution >= 0.6 is 0 Å². The van der Waals surface area contributed by atoms with E-state index in [0.717, 1.165) is 11.3 Å². The van der Waals surface area contributed by atoms with E-state index in [1.54, 1.807) is 21.0 Å². The first-order chi connectivity index (χ1) is 13.0. The number of rotatable bonds is 10. The summed E-state index contributed by atoms with van der Waals surface area (Å²) in [6.07, 6.45) is 0. The molecule has 0 N–H and O–H groups in total. The summed E-state index contributed by atoms with van der Waals surface area (Å²) in [5.41, 5.74) is 0.970. The van der Waals surface area contributed by atoms with Gasteiger partial charge in [-0.25, -0.2) is 0 Å². The standard InChI is InChI=1S/C19H26N2O6/c1-4-26-17(22)12-21(13-18(23)27-5-2)19(24)15-11-20(15)10-14-8-6-7-9-16(14)25-3/h6-9,15H,4-5,10-13H2,1-3H3. The molecule has 8 heteroatoms. The Morgan fingerprint density at radius 3 is 2.22 bits per heavy atom. The van der Waals surface area contributed by atoms with Crippen LogP contribution in [0.3, 0.4) is 0 Å². The van der Waals surface area contributed by atoms with Crippen LogP contribution in [0.15, 0.2) is 24.3 Å². The molecule has 1 amide bonds. The predicted octanol–water partition coefficient (Wildman–Crippen LogP) is 0.834. The van der Waals surface area contributed by atoms with Crippen molar-refractivity contribution in [1.82, 2.24) is 9.80 Å². The fourth-order valence-corrected chi connectivity index (χ4v) is 2.78. The maximum Gasteiger partial charge on any atom is 0.325 e. The van der Waals surface area contributed by atoms with Crippen LogP contribution in [-0.2, 0) is 30.4 Å². The quantitative estimate of drug-likeness (QED) is 0.440. The number of nitrogens with zero attached hydrogens (tertiary/aromatic N) is 2. The summed E-state index contributed by atoms with van der Waals surface area (Å²) in [5.74, 6) is -0.629. The first kappa shape index (κ1) is 20.7. The fraction of sp³-hybridized carbons (Fsp3) is 0.526. The van der Waals surface area contributed by atoms with Gasteiger partial charge in [-0.1, -0.05) is 18.2 Å². The highest BCUT2D eigenvalue weighted by molar-refractivity contribution is 5.90. The van der Waals surface area contributed by atoms with E-state index in [1.165, 1.54) is 4.90 Å². The summed E-state index contributed by atoms with van der Waals surface area (Å²) in [5, 5.41) is 0. The second-order valence-corrected chi connectivity index (χ2v) is 6.06. The largest absolute Gasteiger partial charge is 0.496 e. The monoisotopic (exact) mass is 378 g/mol. The lowest BCUT2D eigenvalue weighted by molar-refractivity contribution is -0.154. The van der Waals surface area contributed by atoms with Crippen molar-refractivity contribution >= 4 is 17.8 Å². The Morgan fingerprint density at radius 1 is 1.07 bits per heavy atom. The molecule has 0 aliphatic carbocycles. The molecule has 0 spiro atoms. The van der Waals surface area contributed by atoms with Gasteiger partial charge in [0.05, 0.1) is 20.3 Å². The average molecular weight is 378 g/mol. The van der Waals surface area contributed by atoms with E-state index in [1.807, 2.05) is 29.2 Å². The van der Waals surface area contributed by atoms with Gasteiger partial charge in [0, 0.05) is 18.7 Å². The maximum absolute atomic E-state index is 12.8. The highest BCUT2D eigenvalue weighted by Crippen LogP contribution is 2.27. The zero-order valence-corrected chi connectivity index (χ0v) is 16.0. The van der Waals surface area contributed by atoms with Gasteiger partial charge < -0.3 is 19.1 Å². The SMILES string of the molecule is CCOC(=O)CN(CC(=O)OCC)C(=O)C1CN1Cc1ccccc1OC. The second kappa shape index (κ2) is 9.91. The second-order valence-electron chi connectivity index (χ2n) is 6.06. The summed E-state index contributed by atoms with van der Waals surface area (Å²) in [7, 11) is 1.60. The van der Waals surface area contributed by atoms with E-state index >= 15 is 0 Å². The minimum absolute atomic E-state index is 0.212. The average Bonchev–Trinajstić information content (AvgIpc) is 3.40. The van der Waals surface area contributed by atoms with Gasteiger partial charge in [0.15, 0.2) is 0 Å². The van der Waals surface area contributed by atoms with Crippen molar-refractivity contribution < 1.29 is 28.6 Å². The van der Waals surface area contributed by atoms with Gasteiger partial charge in [0.2, 0.25) is 5.91 Å². The molecule has 0 saturated carbocycles. The number of hydrogen-bond donors (Lipinski definition) is 0. The molecule has 0 aromatic heterocycles. The van der Waals surface area contributed by atoms with Crippen molar-refractivity contribution in [2.45, 2.75) is 26.4 Å². The van der Waals surface area contributed by atoms with Crippen molar-refractivity contribution in [3.63, 3.8) is 0 Å². The summed E-state index contributed by atoms with van der Waals surface area (Å²) in [4.78, 5) is 39.5. The molecule has 0 radical (unpaired) electrons. The first-order valence-electron chi connectivity index (χ1n) is 8.96. The van der Waals surface area contributed by atoms with Crippen molar-refractivity contribution in [2.24, 2.45) is 0 Å². The van der Waals surface area contributed by atoms with Crippen LogP contribution in [0.1, 0.15) is 19.4 Å². The number of carbonyl (C=O) groups is 3. The minimum atomic E-state index is -0.549. The van der Waals surface area contributed by atoms with E-state index < -0.39 is 11.9 Å². The molecule has 1 heterocycles. The molecule has 1 aliphatic heterocycles. The minimum Gasteiger partial charge on any atom is -0.496 e. The Labute approximate surface area is 159 Å². The smallest absolute Gasteiger partial charge is 0.325 e. The van der Waals surface area contributed by atoms with Crippen molar-refractivity contribution in [2.75, 3.05) is 40.0 Å². The summed E-state index contributed by atoms with van der Waals surface area (Å²) < 4.78 is 15.1. The third-order valence-electron chi connectivity index (χ3n) is 4.13. The Balaban J connectivity index is 2.00. The molecule has 1 aliphatic rings. The molecule has 2 unspecified atom stereocenters. The van der Waals surface area contributed by atoms with Gasteiger partial charge in [-0.15, -0.1) is 0 Å². The lowest BCUT2D eigenvalue weighted by atomic mass is 10.2. The molecule has 8 nitrogen and oxygen atoms in total. The molecule has 27 heavy (non-hydrogen) atoms. The number of para-hydroxylation sites is 1. The highest BCUT2D eigenvalue weighted by Gasteiger charge is 2.43. The molecule has 2 atom stereocenters. The summed E-state index contributed by atoms with van der Waals surface area (Å²) in [6.45, 7) is 4.35. The van der Waals surface area contributed by atoms with Crippen molar-refractivity contribution in [3.05, 3.63) is 29.8 Å². The maximum atomic E-state index is 12.8. The van der Waals surface area contributed by atoms with Gasteiger partial charge in [-0.3, -0.25) is 19.3 Å². The number of methoxy groups -OCH3 is 1. The molecule has 148 valence electrons. The van der Waals surface area contributed by atoms with Gasteiger partial charge in [-0.05, 0) is 19.9 Å². The summed E-state index contributed by atoms with van der Waals surface area (Å²) >= 11 is 0. The number of esters is 2. The van der Waals surface area contributed by atoms with E-state index in [-0.39, 0.29) is 38.3 Å². The topological polar surface area (TPSA) is 85.2 Å². The lowest BCUT2D eigenvalue weighted by Crippen LogP contribution is -2.43. The van der Waals surface area contributed by atoms with E-state index in [0.29, 0.717) is 13.1 Å². The van der Waals surface area contributed by atoms with Crippen LogP contribution in [-0.4, -0.2) is 73.6 Å². The van der Waals surface area contributed by atoms with Crippen LogP contribution in [0.2, 0.25) is 0 Å². The fourth-order valence-electron chi connectivity index (χ4n) is 2.78. The molecule has 1 aromatic carbocycles. The van der Waals surface area contributed by atoms with Crippen molar-refractivity contribution in [3.8, 4) is 5.75 Å². The number of benzene rings is 1. The Kier molecular flexibility index (Phi) is 7.60. The molecule has 1 fully saturated rings. The Morgan fingerprint density at radius 2 is 1.67 bits per heavy atom. The molecule has 1 aromatic rings. The molecular weight excluding hydrogens is 352 g/mol. The van der Waals surface area contributed by atoms with Gasteiger partial charge in [0.25, 0.3) is 0 Å². The first-order valence-corrected chi connectivity index (χ1v) is 8.96. The molecular formula is C19H26N2O6. The van der Waals surface area contributed by atoms with E-state index in [9.17, 15) is 14.4 Å². The third-order valence-corrected chi connectivity index (χ3v) is 4.13.